The maximum absolute atomic E-state index is 12.1. The summed E-state index contributed by atoms with van der Waals surface area (Å²) in [6, 6.07) is 0.176. The third kappa shape index (κ3) is 1.78. The second-order valence-electron chi connectivity index (χ2n) is 4.32. The predicted octanol–water partition coefficient (Wildman–Crippen LogP) is 1.27. The average molecular weight is 250 g/mol. The van der Waals surface area contributed by atoms with Crippen LogP contribution in [0.5, 0.6) is 0 Å². The van der Waals surface area contributed by atoms with Gasteiger partial charge in [-0.25, -0.2) is 9.24 Å². The van der Waals surface area contributed by atoms with E-state index in [1.54, 1.807) is 11.6 Å². The summed E-state index contributed by atoms with van der Waals surface area (Å²) < 4.78 is 24.0. The van der Waals surface area contributed by atoms with E-state index in [-0.39, 0.29) is 19.3 Å². The molecule has 0 N–H and O–H groups in total. The highest BCUT2D eigenvalue weighted by Crippen LogP contribution is 2.61. The van der Waals surface area contributed by atoms with Crippen molar-refractivity contribution in [2.24, 2.45) is 0 Å². The summed E-state index contributed by atoms with van der Waals surface area (Å²) in [5, 5.41) is 10.9. The van der Waals surface area contributed by atoms with E-state index >= 15 is 0 Å². The van der Waals surface area contributed by atoms with Crippen molar-refractivity contribution in [1.82, 2.24) is 4.67 Å². The van der Waals surface area contributed by atoms with Crippen LogP contribution in [0.4, 0.5) is 0 Å². The van der Waals surface area contributed by atoms with Crippen LogP contribution in [0, 0.1) is 10.1 Å². The highest BCUT2D eigenvalue weighted by molar-refractivity contribution is 7.51. The molecule has 0 aromatic carbocycles. The molecule has 0 aromatic rings. The number of nitro groups is 1. The Balaban J connectivity index is 2.06. The van der Waals surface area contributed by atoms with E-state index in [4.69, 9.17) is 9.05 Å². The minimum atomic E-state index is -3.23. The topological polar surface area (TPSA) is 81.7 Å². The summed E-state index contributed by atoms with van der Waals surface area (Å²) in [7, 11) is -3.23. The number of rotatable bonds is 3. The van der Waals surface area contributed by atoms with E-state index in [9.17, 15) is 14.7 Å². The predicted molar refractivity (Wildman–Crippen MR) is 55.7 cm³/mol. The Morgan fingerprint density at radius 1 is 1.56 bits per heavy atom. The molecule has 16 heavy (non-hydrogen) atoms. The molecular formula is C8H15N2O5P. The van der Waals surface area contributed by atoms with Crippen LogP contribution in [0.3, 0.4) is 0 Å². The van der Waals surface area contributed by atoms with Gasteiger partial charge in [-0.1, -0.05) is 6.92 Å². The summed E-state index contributed by atoms with van der Waals surface area (Å²) in [4.78, 5) is 10.5. The molecule has 7 nitrogen and oxygen atoms in total. The summed E-state index contributed by atoms with van der Waals surface area (Å²) in [5.74, 6) is 0. The molecule has 0 aliphatic carbocycles. The molecule has 0 aromatic heterocycles. The second kappa shape index (κ2) is 3.77. The van der Waals surface area contributed by atoms with Crippen LogP contribution in [-0.2, 0) is 13.6 Å². The molecule has 0 spiro atoms. The van der Waals surface area contributed by atoms with Gasteiger partial charge < -0.3 is 0 Å². The van der Waals surface area contributed by atoms with E-state index in [1.165, 1.54) is 0 Å². The Kier molecular flexibility index (Phi) is 2.82. The third-order valence-corrected chi connectivity index (χ3v) is 5.28. The van der Waals surface area contributed by atoms with Crippen LogP contribution in [0.2, 0.25) is 0 Å². The van der Waals surface area contributed by atoms with Crippen LogP contribution in [-0.4, -0.2) is 40.9 Å². The minimum absolute atomic E-state index is 0.142. The van der Waals surface area contributed by atoms with Gasteiger partial charge in [-0.3, -0.25) is 19.2 Å². The Labute approximate surface area is 93.4 Å². The van der Waals surface area contributed by atoms with Crippen LogP contribution >= 0.6 is 7.75 Å². The summed E-state index contributed by atoms with van der Waals surface area (Å²) in [6.45, 7) is 3.98. The maximum atomic E-state index is 12.1. The number of nitrogens with zero attached hydrogens (tertiary/aromatic N) is 2. The first-order valence-corrected chi connectivity index (χ1v) is 6.74. The standard InChI is InChI=1S/C8H15N2O5P/c1-3-8(10(11)12)5-14-16(13,15-6-8)9-4-7(9)2/h7H,3-6H2,1-2H3/t7-,8?,9?,16?/m0/s1. The molecule has 2 aliphatic heterocycles. The van der Waals surface area contributed by atoms with E-state index in [1.807, 2.05) is 6.92 Å². The fourth-order valence-electron chi connectivity index (χ4n) is 1.63. The van der Waals surface area contributed by atoms with E-state index in [2.05, 4.69) is 0 Å². The number of hydrogen-bond acceptors (Lipinski definition) is 5. The summed E-state index contributed by atoms with van der Waals surface area (Å²) >= 11 is 0. The van der Waals surface area contributed by atoms with Crippen LogP contribution in [0.15, 0.2) is 0 Å². The highest BCUT2D eigenvalue weighted by atomic mass is 31.2. The van der Waals surface area contributed by atoms with Crippen molar-refractivity contribution in [1.29, 1.82) is 0 Å². The zero-order valence-electron chi connectivity index (χ0n) is 9.29. The lowest BCUT2D eigenvalue weighted by Gasteiger charge is -2.32. The normalized spacial score (nSPS) is 47.6. The molecule has 2 heterocycles. The lowest BCUT2D eigenvalue weighted by molar-refractivity contribution is -0.578. The molecule has 2 aliphatic rings. The molecule has 92 valence electrons. The highest BCUT2D eigenvalue weighted by Gasteiger charge is 2.56. The summed E-state index contributed by atoms with van der Waals surface area (Å²) in [5.41, 5.74) is -1.24. The van der Waals surface area contributed by atoms with Crippen LogP contribution in [0.25, 0.3) is 0 Å². The van der Waals surface area contributed by atoms with Crippen molar-refractivity contribution in [3.05, 3.63) is 10.1 Å². The van der Waals surface area contributed by atoms with Gasteiger partial charge in [0.15, 0.2) is 0 Å². The van der Waals surface area contributed by atoms with Gasteiger partial charge in [0.25, 0.3) is 5.54 Å². The van der Waals surface area contributed by atoms with Gasteiger partial charge in [-0.05, 0) is 6.92 Å². The molecule has 8 heteroatoms. The minimum Gasteiger partial charge on any atom is -0.289 e. The van der Waals surface area contributed by atoms with Crippen molar-refractivity contribution in [3.8, 4) is 0 Å². The van der Waals surface area contributed by atoms with E-state index < -0.39 is 18.2 Å². The van der Waals surface area contributed by atoms with Gasteiger partial charge in [0.1, 0.15) is 13.2 Å². The van der Waals surface area contributed by atoms with Gasteiger partial charge in [0.05, 0.1) is 0 Å². The Bertz CT molecular complexity index is 348. The molecule has 2 rings (SSSR count). The molecule has 1 unspecified atom stereocenters. The maximum Gasteiger partial charge on any atom is 0.409 e. The first-order chi connectivity index (χ1) is 7.43. The molecule has 0 amide bonds. The summed E-state index contributed by atoms with van der Waals surface area (Å²) in [6.07, 6.45) is 0.301. The first-order valence-electron chi connectivity index (χ1n) is 5.24. The molecule has 0 radical (unpaired) electrons. The Morgan fingerprint density at radius 3 is 2.38 bits per heavy atom. The fraction of sp³-hybridized carbons (Fsp3) is 1.00. The molecule has 2 atom stereocenters. The van der Waals surface area contributed by atoms with Crippen molar-refractivity contribution < 1.29 is 18.5 Å². The van der Waals surface area contributed by atoms with Crippen molar-refractivity contribution in [2.75, 3.05) is 19.8 Å². The van der Waals surface area contributed by atoms with E-state index in [0.717, 1.165) is 0 Å². The quantitative estimate of drug-likeness (QED) is 0.324. The van der Waals surface area contributed by atoms with Gasteiger partial charge in [0.2, 0.25) is 0 Å². The monoisotopic (exact) mass is 250 g/mol. The average Bonchev–Trinajstić information content (AvgIpc) is 2.98. The zero-order chi connectivity index (χ0) is 12.0. The van der Waals surface area contributed by atoms with Crippen molar-refractivity contribution in [2.45, 2.75) is 31.8 Å². The van der Waals surface area contributed by atoms with Crippen molar-refractivity contribution >= 4 is 7.75 Å². The molecule has 2 fully saturated rings. The first kappa shape index (κ1) is 12.0. The molecule has 2 saturated heterocycles. The zero-order valence-corrected chi connectivity index (χ0v) is 10.2. The molecule has 0 saturated carbocycles. The molecular weight excluding hydrogens is 235 g/mol. The smallest absolute Gasteiger partial charge is 0.289 e. The largest absolute Gasteiger partial charge is 0.409 e. The Morgan fingerprint density at radius 2 is 2.06 bits per heavy atom. The van der Waals surface area contributed by atoms with Gasteiger partial charge in [0, 0.05) is 23.9 Å². The van der Waals surface area contributed by atoms with Gasteiger partial charge >= 0.3 is 7.75 Å². The lowest BCUT2D eigenvalue weighted by atomic mass is 10.0. The van der Waals surface area contributed by atoms with Crippen molar-refractivity contribution in [3.63, 3.8) is 0 Å². The number of hydrogen-bond donors (Lipinski definition) is 0. The van der Waals surface area contributed by atoms with E-state index in [0.29, 0.717) is 13.0 Å². The fourth-order valence-corrected chi connectivity index (χ4v) is 3.73. The van der Waals surface area contributed by atoms with Crippen LogP contribution in [0.1, 0.15) is 20.3 Å². The Hall–Kier alpha value is -0.490. The lowest BCUT2D eigenvalue weighted by Crippen LogP contribution is -2.49. The van der Waals surface area contributed by atoms with Gasteiger partial charge in [-0.2, -0.15) is 0 Å². The van der Waals surface area contributed by atoms with Gasteiger partial charge in [-0.15, -0.1) is 0 Å². The third-order valence-electron chi connectivity index (χ3n) is 3.18. The molecule has 0 bridgehead atoms. The second-order valence-corrected chi connectivity index (χ2v) is 6.29. The SMILES string of the molecule is CCC1([N+](=O)[O-])COP(=O)(N2C[C@@H]2C)OC1. The van der Waals surface area contributed by atoms with Crippen LogP contribution < -0.4 is 0 Å².